The van der Waals surface area contributed by atoms with Crippen molar-refractivity contribution in [2.45, 2.75) is 26.2 Å². The average molecular weight is 304 g/mol. The third kappa shape index (κ3) is 5.09. The number of piperidine rings is 1. The van der Waals surface area contributed by atoms with Crippen LogP contribution in [0.25, 0.3) is 0 Å². The zero-order chi connectivity index (χ0) is 13.7. The van der Waals surface area contributed by atoms with Gasteiger partial charge in [0.15, 0.2) is 0 Å². The lowest BCUT2D eigenvalue weighted by Crippen LogP contribution is -2.35. The van der Waals surface area contributed by atoms with Crippen LogP contribution in [0.1, 0.15) is 26.2 Å². The van der Waals surface area contributed by atoms with Crippen molar-refractivity contribution < 1.29 is 0 Å². The van der Waals surface area contributed by atoms with Crippen LogP contribution in [0.15, 0.2) is 0 Å². The van der Waals surface area contributed by atoms with Crippen LogP contribution in [0.4, 0.5) is 5.95 Å². The van der Waals surface area contributed by atoms with E-state index in [2.05, 4.69) is 32.1 Å². The van der Waals surface area contributed by atoms with Gasteiger partial charge >= 0.3 is 0 Å². The fraction of sp³-hybridized carbons (Fsp3) is 0.750. The predicted molar refractivity (Wildman–Crippen MR) is 77.8 cm³/mol. The monoisotopic (exact) mass is 303 g/mol. The van der Waals surface area contributed by atoms with Crippen LogP contribution < -0.4 is 5.32 Å². The molecule has 1 aliphatic heterocycles. The predicted octanol–water partition coefficient (Wildman–Crippen LogP) is 2.71. The molecule has 1 atom stereocenters. The quantitative estimate of drug-likeness (QED) is 0.906. The van der Waals surface area contributed by atoms with Gasteiger partial charge in [-0.05, 0) is 55.1 Å². The van der Waals surface area contributed by atoms with Crippen LogP contribution in [0.2, 0.25) is 10.6 Å². The first-order chi connectivity index (χ1) is 9.13. The Morgan fingerprint density at radius 2 is 1.74 bits per heavy atom. The fourth-order valence-corrected chi connectivity index (χ4v) is 2.68. The van der Waals surface area contributed by atoms with Crippen LogP contribution in [-0.4, -0.2) is 46.0 Å². The van der Waals surface area contributed by atoms with Gasteiger partial charge < -0.3 is 10.2 Å². The SMILES string of the molecule is CC(CNc1nc(Cl)nc(Cl)n1)CN1CCCCC1. The molecule has 1 fully saturated rings. The summed E-state index contributed by atoms with van der Waals surface area (Å²) in [4.78, 5) is 14.2. The van der Waals surface area contributed by atoms with E-state index in [9.17, 15) is 0 Å². The Balaban J connectivity index is 1.77. The van der Waals surface area contributed by atoms with Crippen molar-refractivity contribution in [2.24, 2.45) is 5.92 Å². The first-order valence-electron chi connectivity index (χ1n) is 6.67. The Kier molecular flexibility index (Phi) is 5.60. The highest BCUT2D eigenvalue weighted by Crippen LogP contribution is 2.12. The maximum Gasteiger partial charge on any atom is 0.228 e. The number of aromatic nitrogens is 3. The Morgan fingerprint density at radius 1 is 1.11 bits per heavy atom. The van der Waals surface area contributed by atoms with Gasteiger partial charge in [-0.25, -0.2) is 0 Å². The molecule has 2 rings (SSSR count). The molecule has 0 aliphatic carbocycles. The van der Waals surface area contributed by atoms with E-state index in [1.807, 2.05) is 0 Å². The van der Waals surface area contributed by atoms with E-state index in [0.29, 0.717) is 11.9 Å². The van der Waals surface area contributed by atoms with Crippen LogP contribution in [0.5, 0.6) is 0 Å². The fourth-order valence-electron chi connectivity index (χ4n) is 2.32. The van der Waals surface area contributed by atoms with Gasteiger partial charge in [0.2, 0.25) is 16.5 Å². The maximum absolute atomic E-state index is 5.73. The molecule has 0 spiro atoms. The second-order valence-electron chi connectivity index (χ2n) is 5.04. The highest BCUT2D eigenvalue weighted by atomic mass is 35.5. The van der Waals surface area contributed by atoms with E-state index in [4.69, 9.17) is 23.2 Å². The van der Waals surface area contributed by atoms with Crippen molar-refractivity contribution in [1.82, 2.24) is 19.9 Å². The van der Waals surface area contributed by atoms with Gasteiger partial charge in [-0.15, -0.1) is 0 Å². The van der Waals surface area contributed by atoms with E-state index in [1.54, 1.807) is 0 Å². The molecule has 0 radical (unpaired) electrons. The van der Waals surface area contributed by atoms with E-state index >= 15 is 0 Å². The van der Waals surface area contributed by atoms with Gasteiger partial charge in [0.25, 0.3) is 0 Å². The molecule has 1 unspecified atom stereocenters. The smallest absolute Gasteiger partial charge is 0.228 e. The Morgan fingerprint density at radius 3 is 2.37 bits per heavy atom. The summed E-state index contributed by atoms with van der Waals surface area (Å²) in [5, 5.41) is 3.39. The van der Waals surface area contributed by atoms with Crippen molar-refractivity contribution in [3.63, 3.8) is 0 Å². The average Bonchev–Trinajstić information content (AvgIpc) is 2.36. The molecule has 1 aromatic rings. The van der Waals surface area contributed by atoms with Crippen LogP contribution in [0.3, 0.4) is 0 Å². The summed E-state index contributed by atoms with van der Waals surface area (Å²) in [6.07, 6.45) is 4.00. The van der Waals surface area contributed by atoms with Crippen molar-refractivity contribution in [3.8, 4) is 0 Å². The molecular weight excluding hydrogens is 285 g/mol. The molecule has 19 heavy (non-hydrogen) atoms. The third-order valence-corrected chi connectivity index (χ3v) is 3.55. The van der Waals surface area contributed by atoms with Crippen molar-refractivity contribution >= 4 is 29.2 Å². The van der Waals surface area contributed by atoms with E-state index in [0.717, 1.165) is 13.1 Å². The van der Waals surface area contributed by atoms with Gasteiger partial charge in [0.05, 0.1) is 0 Å². The molecule has 0 saturated carbocycles. The summed E-state index contributed by atoms with van der Waals surface area (Å²) in [5.74, 6) is 0.961. The lowest BCUT2D eigenvalue weighted by atomic mass is 10.1. The molecule has 1 N–H and O–H groups in total. The summed E-state index contributed by atoms with van der Waals surface area (Å²) < 4.78 is 0. The second kappa shape index (κ2) is 7.22. The molecule has 2 heterocycles. The number of hydrogen-bond acceptors (Lipinski definition) is 5. The molecular formula is C12H19Cl2N5. The summed E-state index contributed by atoms with van der Waals surface area (Å²) in [6, 6.07) is 0. The number of nitrogens with zero attached hydrogens (tertiary/aromatic N) is 4. The Hall–Kier alpha value is -0.650. The normalized spacial score (nSPS) is 18.3. The van der Waals surface area contributed by atoms with E-state index < -0.39 is 0 Å². The molecule has 1 aromatic heterocycles. The first kappa shape index (κ1) is 14.8. The lowest BCUT2D eigenvalue weighted by Gasteiger charge is -2.29. The summed E-state index contributed by atoms with van der Waals surface area (Å²) in [6.45, 7) is 6.54. The highest BCUT2D eigenvalue weighted by molar-refractivity contribution is 6.31. The topological polar surface area (TPSA) is 53.9 Å². The molecule has 0 amide bonds. The zero-order valence-electron chi connectivity index (χ0n) is 11.1. The number of hydrogen-bond donors (Lipinski definition) is 1. The van der Waals surface area contributed by atoms with Gasteiger partial charge in [-0.3, -0.25) is 0 Å². The number of anilines is 1. The minimum Gasteiger partial charge on any atom is -0.354 e. The van der Waals surface area contributed by atoms with Gasteiger partial charge in [0.1, 0.15) is 0 Å². The zero-order valence-corrected chi connectivity index (χ0v) is 12.6. The Bertz CT molecular complexity index is 389. The van der Waals surface area contributed by atoms with Crippen LogP contribution >= 0.6 is 23.2 Å². The number of nitrogens with one attached hydrogen (secondary N) is 1. The maximum atomic E-state index is 5.73. The molecule has 5 nitrogen and oxygen atoms in total. The van der Waals surface area contributed by atoms with E-state index in [-0.39, 0.29) is 10.6 Å². The molecule has 0 bridgehead atoms. The lowest BCUT2D eigenvalue weighted by molar-refractivity contribution is 0.204. The molecule has 1 aliphatic rings. The van der Waals surface area contributed by atoms with Crippen molar-refractivity contribution in [1.29, 1.82) is 0 Å². The van der Waals surface area contributed by atoms with Gasteiger partial charge in [-0.1, -0.05) is 13.3 Å². The highest BCUT2D eigenvalue weighted by Gasteiger charge is 2.13. The molecule has 0 aromatic carbocycles. The minimum absolute atomic E-state index is 0.117. The largest absolute Gasteiger partial charge is 0.354 e. The van der Waals surface area contributed by atoms with Gasteiger partial charge in [0, 0.05) is 13.1 Å². The first-order valence-corrected chi connectivity index (χ1v) is 7.42. The second-order valence-corrected chi connectivity index (χ2v) is 5.72. The number of halogens is 2. The van der Waals surface area contributed by atoms with Crippen molar-refractivity contribution in [3.05, 3.63) is 10.6 Å². The standard InChI is InChI=1S/C12H19Cl2N5/c1-9(8-19-5-3-2-4-6-19)7-15-12-17-10(13)16-11(14)18-12/h9H,2-8H2,1H3,(H,15,16,17,18). The van der Waals surface area contributed by atoms with Crippen LogP contribution in [-0.2, 0) is 0 Å². The molecule has 106 valence electrons. The summed E-state index contributed by atoms with van der Waals surface area (Å²) in [5.41, 5.74) is 0. The van der Waals surface area contributed by atoms with Crippen LogP contribution in [0, 0.1) is 5.92 Å². The van der Waals surface area contributed by atoms with Crippen molar-refractivity contribution in [2.75, 3.05) is 31.5 Å². The van der Waals surface area contributed by atoms with Gasteiger partial charge in [-0.2, -0.15) is 15.0 Å². The summed E-state index contributed by atoms with van der Waals surface area (Å²) >= 11 is 11.5. The number of rotatable bonds is 5. The third-order valence-electron chi connectivity index (χ3n) is 3.21. The Labute approximate surface area is 123 Å². The minimum atomic E-state index is 0.117. The van der Waals surface area contributed by atoms with E-state index in [1.165, 1.54) is 32.4 Å². The number of likely N-dealkylation sites (tertiary alicyclic amines) is 1. The molecule has 7 heteroatoms. The molecule has 1 saturated heterocycles. The summed E-state index contributed by atoms with van der Waals surface area (Å²) in [7, 11) is 0.